The highest BCUT2D eigenvalue weighted by Gasteiger charge is 2.24. The van der Waals surface area contributed by atoms with Gasteiger partial charge in [0.05, 0.1) is 30.8 Å². The van der Waals surface area contributed by atoms with Gasteiger partial charge in [-0.1, -0.05) is 12.1 Å². The molecule has 3 aromatic rings. The fraction of sp³-hybridized carbons (Fsp3) is 0.583. The lowest BCUT2D eigenvalue weighted by Gasteiger charge is -2.25. The molecule has 0 bridgehead atoms. The maximum Gasteiger partial charge on any atom is 0.252 e. The number of aromatic amines is 1. The van der Waals surface area contributed by atoms with Crippen LogP contribution in [0.15, 0.2) is 23.0 Å². The number of hydrogen-bond acceptors (Lipinski definition) is 7. The Morgan fingerprint density at radius 3 is 2.67 bits per heavy atom. The number of ether oxygens (including phenoxy) is 2. The number of aromatic nitrogens is 5. The van der Waals surface area contributed by atoms with Crippen molar-refractivity contribution in [3.05, 3.63) is 51.1 Å². The van der Waals surface area contributed by atoms with Crippen LogP contribution >= 0.6 is 0 Å². The summed E-state index contributed by atoms with van der Waals surface area (Å²) >= 11 is 0. The predicted octanol–water partition coefficient (Wildman–Crippen LogP) is 2.49. The molecular weight excluding hydrogens is 420 g/mol. The third kappa shape index (κ3) is 5.00. The number of tetrazole rings is 1. The summed E-state index contributed by atoms with van der Waals surface area (Å²) in [5, 5.41) is 13.4. The van der Waals surface area contributed by atoms with Gasteiger partial charge >= 0.3 is 0 Å². The van der Waals surface area contributed by atoms with Gasteiger partial charge in [-0.3, -0.25) is 9.69 Å². The van der Waals surface area contributed by atoms with Crippen molar-refractivity contribution in [3.8, 4) is 0 Å². The first-order valence-corrected chi connectivity index (χ1v) is 11.9. The van der Waals surface area contributed by atoms with Crippen LogP contribution in [-0.2, 0) is 29.1 Å². The van der Waals surface area contributed by atoms with E-state index >= 15 is 0 Å². The lowest BCUT2D eigenvalue weighted by molar-refractivity contribution is 0.0647. The molecule has 0 amide bonds. The highest BCUT2D eigenvalue weighted by molar-refractivity contribution is 5.83. The Morgan fingerprint density at radius 2 is 1.91 bits per heavy atom. The molecule has 1 aromatic carbocycles. The second-order valence-corrected chi connectivity index (χ2v) is 9.31. The summed E-state index contributed by atoms with van der Waals surface area (Å²) in [6, 6.07) is 6.19. The first-order chi connectivity index (χ1) is 16.1. The van der Waals surface area contributed by atoms with Crippen LogP contribution in [0, 0.1) is 13.8 Å². The van der Waals surface area contributed by atoms with E-state index in [-0.39, 0.29) is 17.8 Å². The molecule has 176 valence electrons. The van der Waals surface area contributed by atoms with Crippen molar-refractivity contribution >= 4 is 10.9 Å². The van der Waals surface area contributed by atoms with Crippen LogP contribution in [-0.4, -0.2) is 62.1 Å². The number of pyridine rings is 1. The van der Waals surface area contributed by atoms with E-state index in [0.717, 1.165) is 73.3 Å². The Balaban J connectivity index is 1.39. The summed E-state index contributed by atoms with van der Waals surface area (Å²) in [5.41, 5.74) is 3.88. The van der Waals surface area contributed by atoms with Gasteiger partial charge in [0.15, 0.2) is 5.82 Å². The molecule has 9 heteroatoms. The summed E-state index contributed by atoms with van der Waals surface area (Å²) in [4.78, 5) is 18.3. The predicted molar refractivity (Wildman–Crippen MR) is 124 cm³/mol. The van der Waals surface area contributed by atoms with E-state index in [4.69, 9.17) is 9.47 Å². The number of benzene rings is 1. The Labute approximate surface area is 193 Å². The lowest BCUT2D eigenvalue weighted by Crippen LogP contribution is -2.34. The van der Waals surface area contributed by atoms with Crippen LogP contribution in [0.2, 0.25) is 0 Å². The Hall–Kier alpha value is -2.62. The van der Waals surface area contributed by atoms with Crippen molar-refractivity contribution < 1.29 is 9.47 Å². The van der Waals surface area contributed by atoms with Crippen molar-refractivity contribution in [2.24, 2.45) is 0 Å². The quantitative estimate of drug-likeness (QED) is 0.561. The molecule has 33 heavy (non-hydrogen) atoms. The monoisotopic (exact) mass is 452 g/mol. The van der Waals surface area contributed by atoms with Crippen LogP contribution in [0.25, 0.3) is 10.9 Å². The van der Waals surface area contributed by atoms with E-state index in [0.29, 0.717) is 19.6 Å². The van der Waals surface area contributed by atoms with Crippen molar-refractivity contribution in [2.75, 3.05) is 19.8 Å². The first kappa shape index (κ1) is 22.2. The van der Waals surface area contributed by atoms with Crippen molar-refractivity contribution in [1.29, 1.82) is 0 Å². The third-order valence-electron chi connectivity index (χ3n) is 6.88. The molecule has 0 spiro atoms. The number of hydrogen-bond donors (Lipinski definition) is 1. The standard InChI is InChI=1S/C24H32N6O3/c1-16-7-8-18-11-19(24(31)25-23(18)17(16)2)12-29(13-20-5-3-9-32-20)15-22-26-27-28-30(22)14-21-6-4-10-33-21/h7-8,11,20-21H,3-6,9-10,12-15H2,1-2H3,(H,25,31)/t20-,21-/m0/s1. The van der Waals surface area contributed by atoms with Gasteiger partial charge in [-0.05, 0) is 72.5 Å². The topological polar surface area (TPSA) is 98.2 Å². The van der Waals surface area contributed by atoms with Crippen molar-refractivity contribution in [2.45, 2.75) is 71.4 Å². The fourth-order valence-corrected chi connectivity index (χ4v) is 4.85. The lowest BCUT2D eigenvalue weighted by atomic mass is 10.0. The number of H-pyrrole nitrogens is 1. The molecule has 2 aliphatic heterocycles. The summed E-state index contributed by atoms with van der Waals surface area (Å²) in [6.07, 6.45) is 4.54. The van der Waals surface area contributed by atoms with Gasteiger partial charge in [-0.15, -0.1) is 5.10 Å². The molecular formula is C24H32N6O3. The zero-order valence-corrected chi connectivity index (χ0v) is 19.4. The Kier molecular flexibility index (Phi) is 6.52. The molecule has 0 radical (unpaired) electrons. The second-order valence-electron chi connectivity index (χ2n) is 9.31. The Bertz CT molecular complexity index is 1160. The van der Waals surface area contributed by atoms with E-state index in [1.807, 2.05) is 17.7 Å². The molecule has 2 fully saturated rings. The third-order valence-corrected chi connectivity index (χ3v) is 6.88. The molecule has 0 saturated carbocycles. The van der Waals surface area contributed by atoms with Gasteiger partial charge in [0.1, 0.15) is 0 Å². The largest absolute Gasteiger partial charge is 0.377 e. The zero-order chi connectivity index (χ0) is 22.8. The van der Waals surface area contributed by atoms with Gasteiger partial charge in [-0.2, -0.15) is 0 Å². The van der Waals surface area contributed by atoms with Gasteiger partial charge < -0.3 is 14.5 Å². The number of nitrogens with zero attached hydrogens (tertiary/aromatic N) is 5. The molecule has 2 atom stereocenters. The van der Waals surface area contributed by atoms with Gasteiger partial charge in [0, 0.05) is 31.9 Å². The summed E-state index contributed by atoms with van der Waals surface area (Å²) in [6.45, 7) is 8.15. The van der Waals surface area contributed by atoms with Crippen LogP contribution in [0.1, 0.15) is 48.2 Å². The van der Waals surface area contributed by atoms with E-state index in [1.165, 1.54) is 5.56 Å². The fourth-order valence-electron chi connectivity index (χ4n) is 4.85. The SMILES string of the molecule is Cc1ccc2cc(CN(Cc3nnnn3C[C@@H]3CCCO3)C[C@@H]3CCCO3)c(=O)[nH]c2c1C. The maximum absolute atomic E-state index is 13.0. The molecule has 1 N–H and O–H groups in total. The second kappa shape index (κ2) is 9.70. The highest BCUT2D eigenvalue weighted by Crippen LogP contribution is 2.21. The van der Waals surface area contributed by atoms with E-state index in [9.17, 15) is 4.79 Å². The van der Waals surface area contributed by atoms with E-state index in [1.54, 1.807) is 0 Å². The van der Waals surface area contributed by atoms with Crippen LogP contribution in [0.3, 0.4) is 0 Å². The zero-order valence-electron chi connectivity index (χ0n) is 19.4. The van der Waals surface area contributed by atoms with Crippen LogP contribution in [0.4, 0.5) is 0 Å². The molecule has 0 unspecified atom stereocenters. The average Bonchev–Trinajstić information content (AvgIpc) is 3.57. The minimum atomic E-state index is -0.0486. The highest BCUT2D eigenvalue weighted by atomic mass is 16.5. The smallest absolute Gasteiger partial charge is 0.252 e. The van der Waals surface area contributed by atoms with Gasteiger partial charge in [-0.25, -0.2) is 4.68 Å². The van der Waals surface area contributed by atoms with Crippen molar-refractivity contribution in [1.82, 2.24) is 30.1 Å². The number of aryl methyl sites for hydroxylation is 2. The molecule has 2 aliphatic rings. The molecule has 5 rings (SSSR count). The van der Waals surface area contributed by atoms with Gasteiger partial charge in [0.2, 0.25) is 0 Å². The van der Waals surface area contributed by atoms with E-state index in [2.05, 4.69) is 44.5 Å². The number of rotatable bonds is 8. The number of fused-ring (bicyclic) bond motifs is 1. The molecule has 4 heterocycles. The molecule has 9 nitrogen and oxygen atoms in total. The molecule has 2 aromatic heterocycles. The van der Waals surface area contributed by atoms with Crippen LogP contribution in [0.5, 0.6) is 0 Å². The van der Waals surface area contributed by atoms with Crippen LogP contribution < -0.4 is 5.56 Å². The Morgan fingerprint density at radius 1 is 1.12 bits per heavy atom. The minimum absolute atomic E-state index is 0.0486. The van der Waals surface area contributed by atoms with E-state index < -0.39 is 0 Å². The summed E-state index contributed by atoms with van der Waals surface area (Å²) < 4.78 is 13.5. The average molecular weight is 453 g/mol. The minimum Gasteiger partial charge on any atom is -0.377 e. The number of nitrogens with one attached hydrogen (secondary N) is 1. The molecule has 0 aliphatic carbocycles. The summed E-state index contributed by atoms with van der Waals surface area (Å²) in [5.74, 6) is 0.784. The summed E-state index contributed by atoms with van der Waals surface area (Å²) in [7, 11) is 0. The maximum atomic E-state index is 13.0. The van der Waals surface area contributed by atoms with Gasteiger partial charge in [0.25, 0.3) is 5.56 Å². The van der Waals surface area contributed by atoms with Crippen molar-refractivity contribution in [3.63, 3.8) is 0 Å². The first-order valence-electron chi connectivity index (χ1n) is 11.9. The molecule has 2 saturated heterocycles. The normalized spacial score (nSPS) is 20.9.